The van der Waals surface area contributed by atoms with E-state index < -0.39 is 5.92 Å². The van der Waals surface area contributed by atoms with Gasteiger partial charge in [-0.05, 0) is 36.4 Å². The third kappa shape index (κ3) is 3.15. The van der Waals surface area contributed by atoms with Gasteiger partial charge >= 0.3 is 0 Å². The number of aromatic nitrogens is 1. The Kier molecular flexibility index (Phi) is 4.34. The Morgan fingerprint density at radius 3 is 3.00 bits per heavy atom. The molecule has 1 atom stereocenters. The molecule has 1 saturated heterocycles. The fourth-order valence-corrected chi connectivity index (χ4v) is 3.39. The molecule has 1 aromatic carbocycles. The van der Waals surface area contributed by atoms with Gasteiger partial charge in [0.05, 0.1) is 35.0 Å². The number of hydrogen-bond donors (Lipinski definition) is 1. The van der Waals surface area contributed by atoms with Crippen molar-refractivity contribution in [1.29, 1.82) is 0 Å². The number of fused-ring (bicyclic) bond motifs is 1. The molecule has 2 aromatic heterocycles. The molecule has 2 amide bonds. The number of carbonyl (C=O) groups is 2. The van der Waals surface area contributed by atoms with Crippen molar-refractivity contribution in [2.75, 3.05) is 11.9 Å². The Balaban J connectivity index is 1.49. The number of likely N-dealkylation sites (tertiary alicyclic amines) is 1. The van der Waals surface area contributed by atoms with E-state index >= 15 is 0 Å². The predicted molar refractivity (Wildman–Crippen MR) is 97.6 cm³/mol. The average Bonchev–Trinajstić information content (AvgIpc) is 3.28. The molecular weight excluding hydrogens is 354 g/mol. The molecule has 1 aliphatic rings. The average molecular weight is 370 g/mol. The van der Waals surface area contributed by atoms with Gasteiger partial charge in [0.15, 0.2) is 0 Å². The van der Waals surface area contributed by atoms with Crippen LogP contribution in [0.25, 0.3) is 10.9 Å². The number of pyridine rings is 1. The van der Waals surface area contributed by atoms with Gasteiger partial charge in [-0.3, -0.25) is 14.6 Å². The molecule has 0 spiro atoms. The molecule has 132 valence electrons. The Hall–Kier alpha value is -2.86. The van der Waals surface area contributed by atoms with Crippen molar-refractivity contribution in [3.8, 4) is 0 Å². The van der Waals surface area contributed by atoms with Gasteiger partial charge in [-0.2, -0.15) is 0 Å². The highest BCUT2D eigenvalue weighted by Gasteiger charge is 2.34. The number of rotatable bonds is 4. The van der Waals surface area contributed by atoms with Gasteiger partial charge in [0.1, 0.15) is 5.76 Å². The molecule has 0 radical (unpaired) electrons. The summed E-state index contributed by atoms with van der Waals surface area (Å²) in [4.78, 5) is 30.8. The molecule has 3 heterocycles. The van der Waals surface area contributed by atoms with Crippen molar-refractivity contribution in [2.24, 2.45) is 5.92 Å². The van der Waals surface area contributed by atoms with Gasteiger partial charge in [-0.1, -0.05) is 11.6 Å². The number of amides is 2. The molecule has 0 unspecified atom stereocenters. The number of halogens is 1. The fraction of sp³-hybridized carbons (Fsp3) is 0.211. The SMILES string of the molecule is O=C(Nc1ccc(Cl)c2ncccc12)[C@@H]1CC(=O)N(Cc2ccco2)C1. The van der Waals surface area contributed by atoms with Crippen LogP contribution in [0.15, 0.2) is 53.3 Å². The highest BCUT2D eigenvalue weighted by atomic mass is 35.5. The van der Waals surface area contributed by atoms with Crippen molar-refractivity contribution in [1.82, 2.24) is 9.88 Å². The molecule has 1 N–H and O–H groups in total. The van der Waals surface area contributed by atoms with Crippen LogP contribution < -0.4 is 5.32 Å². The first-order valence-corrected chi connectivity index (χ1v) is 8.64. The second-order valence-corrected chi connectivity index (χ2v) is 6.65. The first-order valence-electron chi connectivity index (χ1n) is 8.26. The van der Waals surface area contributed by atoms with E-state index in [9.17, 15) is 9.59 Å². The van der Waals surface area contributed by atoms with E-state index in [1.54, 1.807) is 41.6 Å². The lowest BCUT2D eigenvalue weighted by molar-refractivity contribution is -0.128. The topological polar surface area (TPSA) is 75.4 Å². The van der Waals surface area contributed by atoms with Gasteiger partial charge in [-0.25, -0.2) is 0 Å². The van der Waals surface area contributed by atoms with Crippen molar-refractivity contribution < 1.29 is 14.0 Å². The van der Waals surface area contributed by atoms with E-state index in [2.05, 4.69) is 10.3 Å². The summed E-state index contributed by atoms with van der Waals surface area (Å²) in [5.41, 5.74) is 1.27. The number of nitrogens with zero attached hydrogens (tertiary/aromatic N) is 2. The van der Waals surface area contributed by atoms with Crippen molar-refractivity contribution in [2.45, 2.75) is 13.0 Å². The smallest absolute Gasteiger partial charge is 0.229 e. The largest absolute Gasteiger partial charge is 0.467 e. The summed E-state index contributed by atoms with van der Waals surface area (Å²) >= 11 is 6.16. The summed E-state index contributed by atoms with van der Waals surface area (Å²) in [6.45, 7) is 0.749. The Morgan fingerprint density at radius 1 is 1.31 bits per heavy atom. The molecule has 1 aliphatic heterocycles. The van der Waals surface area contributed by atoms with Crippen LogP contribution in [-0.4, -0.2) is 28.2 Å². The molecular formula is C19H16ClN3O3. The minimum absolute atomic E-state index is 0.0517. The van der Waals surface area contributed by atoms with Crippen LogP contribution >= 0.6 is 11.6 Å². The first-order chi connectivity index (χ1) is 12.6. The van der Waals surface area contributed by atoms with Crippen LogP contribution in [0, 0.1) is 5.92 Å². The van der Waals surface area contributed by atoms with Gasteiger partial charge in [0.25, 0.3) is 0 Å². The van der Waals surface area contributed by atoms with Crippen LogP contribution in [0.5, 0.6) is 0 Å². The summed E-state index contributed by atoms with van der Waals surface area (Å²) in [6.07, 6.45) is 3.41. The van der Waals surface area contributed by atoms with Crippen LogP contribution in [-0.2, 0) is 16.1 Å². The maximum absolute atomic E-state index is 12.7. The maximum atomic E-state index is 12.7. The zero-order valence-electron chi connectivity index (χ0n) is 13.8. The summed E-state index contributed by atoms with van der Waals surface area (Å²) in [5, 5.41) is 4.21. The van der Waals surface area contributed by atoms with E-state index in [1.807, 2.05) is 12.1 Å². The molecule has 4 rings (SSSR count). The van der Waals surface area contributed by atoms with Gasteiger partial charge in [-0.15, -0.1) is 0 Å². The summed E-state index contributed by atoms with van der Waals surface area (Å²) in [5.74, 6) is 0.0611. The number of carbonyl (C=O) groups excluding carboxylic acids is 2. The summed E-state index contributed by atoms with van der Waals surface area (Å²) in [6, 6.07) is 10.7. The molecule has 0 bridgehead atoms. The second kappa shape index (κ2) is 6.80. The van der Waals surface area contributed by atoms with E-state index in [-0.39, 0.29) is 18.2 Å². The fourth-order valence-electron chi connectivity index (χ4n) is 3.17. The van der Waals surface area contributed by atoms with Gasteiger partial charge < -0.3 is 14.6 Å². The number of benzene rings is 1. The lowest BCUT2D eigenvalue weighted by Crippen LogP contribution is -2.28. The standard InChI is InChI=1S/C19H16ClN3O3/c20-15-5-6-16(14-4-1-7-21-18(14)15)22-19(25)12-9-17(24)23(10-12)11-13-3-2-8-26-13/h1-8,12H,9-11H2,(H,22,25)/t12-/m1/s1. The van der Waals surface area contributed by atoms with Crippen LogP contribution in [0.4, 0.5) is 5.69 Å². The quantitative estimate of drug-likeness (QED) is 0.764. The number of furan rings is 1. The van der Waals surface area contributed by atoms with E-state index in [0.717, 1.165) is 5.39 Å². The lowest BCUT2D eigenvalue weighted by Gasteiger charge is -2.15. The monoisotopic (exact) mass is 369 g/mol. The van der Waals surface area contributed by atoms with Crippen molar-refractivity contribution in [3.63, 3.8) is 0 Å². The van der Waals surface area contributed by atoms with Gasteiger partial charge in [0.2, 0.25) is 11.8 Å². The molecule has 26 heavy (non-hydrogen) atoms. The third-order valence-corrected chi connectivity index (χ3v) is 4.80. The van der Waals surface area contributed by atoms with Crippen molar-refractivity contribution >= 4 is 40.0 Å². The molecule has 7 heteroatoms. The molecule has 0 saturated carbocycles. The number of anilines is 1. The van der Waals surface area contributed by atoms with Gasteiger partial charge in [0, 0.05) is 24.5 Å². The predicted octanol–water partition coefficient (Wildman–Crippen LogP) is 3.47. The molecule has 3 aromatic rings. The Bertz CT molecular complexity index is 971. The van der Waals surface area contributed by atoms with Crippen LogP contribution in [0.2, 0.25) is 5.02 Å². The van der Waals surface area contributed by atoms with Crippen LogP contribution in [0.1, 0.15) is 12.2 Å². The Morgan fingerprint density at radius 2 is 2.19 bits per heavy atom. The Labute approximate surface area is 154 Å². The minimum Gasteiger partial charge on any atom is -0.467 e. The molecule has 0 aliphatic carbocycles. The third-order valence-electron chi connectivity index (χ3n) is 4.49. The second-order valence-electron chi connectivity index (χ2n) is 6.24. The molecule has 6 nitrogen and oxygen atoms in total. The number of nitrogens with one attached hydrogen (secondary N) is 1. The zero-order valence-corrected chi connectivity index (χ0v) is 14.6. The highest BCUT2D eigenvalue weighted by Crippen LogP contribution is 2.29. The van der Waals surface area contributed by atoms with E-state index in [4.69, 9.17) is 16.0 Å². The summed E-state index contributed by atoms with van der Waals surface area (Å²) < 4.78 is 5.28. The molecule has 1 fully saturated rings. The highest BCUT2D eigenvalue weighted by molar-refractivity contribution is 6.35. The van der Waals surface area contributed by atoms with Crippen molar-refractivity contribution in [3.05, 3.63) is 59.6 Å². The van der Waals surface area contributed by atoms with E-state index in [1.165, 1.54) is 0 Å². The zero-order chi connectivity index (χ0) is 18.1. The normalized spacial score (nSPS) is 17.0. The first kappa shape index (κ1) is 16.6. The maximum Gasteiger partial charge on any atom is 0.229 e. The number of hydrogen-bond acceptors (Lipinski definition) is 4. The summed E-state index contributed by atoms with van der Waals surface area (Å²) in [7, 11) is 0. The minimum atomic E-state index is -0.403. The lowest BCUT2D eigenvalue weighted by atomic mass is 10.1. The van der Waals surface area contributed by atoms with E-state index in [0.29, 0.717) is 35.1 Å². The van der Waals surface area contributed by atoms with Crippen LogP contribution in [0.3, 0.4) is 0 Å².